The van der Waals surface area contributed by atoms with Gasteiger partial charge in [-0.15, -0.1) is 0 Å². The Morgan fingerprint density at radius 2 is 1.91 bits per heavy atom. The van der Waals surface area contributed by atoms with Crippen molar-refractivity contribution >= 4 is 5.71 Å². The summed E-state index contributed by atoms with van der Waals surface area (Å²) < 4.78 is 0. The fourth-order valence-electron chi connectivity index (χ4n) is 1.17. The minimum absolute atomic E-state index is 0.243. The van der Waals surface area contributed by atoms with Crippen LogP contribution in [0.4, 0.5) is 0 Å². The van der Waals surface area contributed by atoms with Crippen LogP contribution >= 0.6 is 0 Å². The van der Waals surface area contributed by atoms with Crippen LogP contribution in [-0.4, -0.2) is 10.8 Å². The van der Waals surface area contributed by atoms with E-state index in [1.54, 1.807) is 6.92 Å². The second-order valence-corrected chi connectivity index (χ2v) is 2.99. The molecule has 2 N–H and O–H groups in total. The molecule has 0 aromatic carbocycles. The van der Waals surface area contributed by atoms with E-state index in [4.69, 9.17) is 5.41 Å². The van der Waals surface area contributed by atoms with Crippen LogP contribution in [0.2, 0.25) is 0 Å². The van der Waals surface area contributed by atoms with Crippen LogP contribution in [0, 0.1) is 11.3 Å². The molecule has 0 aromatic heterocycles. The summed E-state index contributed by atoms with van der Waals surface area (Å²) in [5.41, 5.74) is 1.26. The summed E-state index contributed by atoms with van der Waals surface area (Å²) in [5.74, 6) is 0.597. The predicted octanol–water partition coefficient (Wildman–Crippen LogP) is 2.90. The molecule has 0 rings (SSSR count). The lowest BCUT2D eigenvalue weighted by molar-refractivity contribution is 0.384. The van der Waals surface area contributed by atoms with Crippen molar-refractivity contribution in [2.24, 2.45) is 5.92 Å². The highest BCUT2D eigenvalue weighted by Gasteiger charge is 2.10. The average Bonchev–Trinajstić information content (AvgIpc) is 1.85. The van der Waals surface area contributed by atoms with Gasteiger partial charge in [-0.05, 0) is 12.8 Å². The van der Waals surface area contributed by atoms with E-state index in [-0.39, 0.29) is 5.92 Å². The van der Waals surface area contributed by atoms with E-state index in [2.05, 4.69) is 0 Å². The second-order valence-electron chi connectivity index (χ2n) is 2.99. The van der Waals surface area contributed by atoms with Crippen molar-refractivity contribution in [2.45, 2.75) is 34.1 Å². The molecule has 0 heterocycles. The molecule has 0 saturated heterocycles. The van der Waals surface area contributed by atoms with Crippen LogP contribution in [0.15, 0.2) is 11.3 Å². The molecular formula is C9H17NO. The Kier molecular flexibility index (Phi) is 3.86. The lowest BCUT2D eigenvalue weighted by atomic mass is 9.97. The van der Waals surface area contributed by atoms with Crippen molar-refractivity contribution in [1.82, 2.24) is 0 Å². The number of hydrogen-bond donors (Lipinski definition) is 2. The molecule has 0 radical (unpaired) electrons. The van der Waals surface area contributed by atoms with Gasteiger partial charge in [0.15, 0.2) is 0 Å². The van der Waals surface area contributed by atoms with E-state index in [9.17, 15) is 5.11 Å². The van der Waals surface area contributed by atoms with Gasteiger partial charge in [0, 0.05) is 17.7 Å². The largest absolute Gasteiger partial charge is 0.512 e. The molecule has 0 aliphatic rings. The molecule has 0 bridgehead atoms. The summed E-state index contributed by atoms with van der Waals surface area (Å²) in [6, 6.07) is 0. The summed E-state index contributed by atoms with van der Waals surface area (Å²) in [6.07, 6.45) is 0.615. The van der Waals surface area contributed by atoms with Gasteiger partial charge >= 0.3 is 0 Å². The highest BCUT2D eigenvalue weighted by molar-refractivity contribution is 5.96. The van der Waals surface area contributed by atoms with Crippen LogP contribution in [0.25, 0.3) is 0 Å². The zero-order chi connectivity index (χ0) is 9.02. The molecule has 0 atom stereocenters. The SMILES string of the molecule is CC/C(O)=C(/C(C)=N)C(C)C. The zero-order valence-electron chi connectivity index (χ0n) is 7.73. The van der Waals surface area contributed by atoms with Gasteiger partial charge in [-0.3, -0.25) is 0 Å². The molecule has 0 spiro atoms. The lowest BCUT2D eigenvalue weighted by Crippen LogP contribution is -2.07. The summed E-state index contributed by atoms with van der Waals surface area (Å²) >= 11 is 0. The quantitative estimate of drug-likeness (QED) is 0.477. The fourth-order valence-corrected chi connectivity index (χ4v) is 1.17. The summed E-state index contributed by atoms with van der Waals surface area (Å²) in [4.78, 5) is 0. The minimum Gasteiger partial charge on any atom is -0.512 e. The molecule has 0 unspecified atom stereocenters. The van der Waals surface area contributed by atoms with E-state index in [0.29, 0.717) is 17.9 Å². The number of aliphatic hydroxyl groups excluding tert-OH is 1. The average molecular weight is 155 g/mol. The van der Waals surface area contributed by atoms with Gasteiger partial charge in [-0.25, -0.2) is 0 Å². The van der Waals surface area contributed by atoms with E-state index in [0.717, 1.165) is 5.57 Å². The van der Waals surface area contributed by atoms with Crippen molar-refractivity contribution in [3.05, 3.63) is 11.3 Å². The molecular weight excluding hydrogens is 138 g/mol. The van der Waals surface area contributed by atoms with Crippen molar-refractivity contribution in [2.75, 3.05) is 0 Å². The van der Waals surface area contributed by atoms with Crippen molar-refractivity contribution < 1.29 is 5.11 Å². The maximum absolute atomic E-state index is 9.40. The smallest absolute Gasteiger partial charge is 0.0972 e. The van der Waals surface area contributed by atoms with Gasteiger partial charge in [0.2, 0.25) is 0 Å². The highest BCUT2D eigenvalue weighted by Crippen LogP contribution is 2.16. The first-order chi connectivity index (χ1) is 5.00. The van der Waals surface area contributed by atoms with Gasteiger partial charge in [-0.1, -0.05) is 20.8 Å². The first kappa shape index (κ1) is 10.2. The molecule has 2 nitrogen and oxygen atoms in total. The van der Waals surface area contributed by atoms with Crippen LogP contribution in [0.3, 0.4) is 0 Å². The topological polar surface area (TPSA) is 44.1 Å². The Morgan fingerprint density at radius 1 is 1.45 bits per heavy atom. The first-order valence-corrected chi connectivity index (χ1v) is 3.98. The molecule has 0 aliphatic heterocycles. The van der Waals surface area contributed by atoms with Crippen LogP contribution in [-0.2, 0) is 0 Å². The molecule has 0 fully saturated rings. The molecule has 0 aromatic rings. The molecule has 0 saturated carbocycles. The zero-order valence-corrected chi connectivity index (χ0v) is 7.73. The summed E-state index contributed by atoms with van der Waals surface area (Å²) in [6.45, 7) is 7.57. The van der Waals surface area contributed by atoms with E-state index in [1.807, 2.05) is 20.8 Å². The molecule has 2 heteroatoms. The monoisotopic (exact) mass is 155 g/mol. The Balaban J connectivity index is 4.73. The van der Waals surface area contributed by atoms with Crippen LogP contribution in [0.1, 0.15) is 34.1 Å². The molecule has 0 aliphatic carbocycles. The fraction of sp³-hybridized carbons (Fsp3) is 0.667. The minimum atomic E-state index is 0.243. The maximum Gasteiger partial charge on any atom is 0.0972 e. The molecule has 11 heavy (non-hydrogen) atoms. The van der Waals surface area contributed by atoms with Gasteiger partial charge in [0.1, 0.15) is 0 Å². The van der Waals surface area contributed by atoms with Crippen molar-refractivity contribution in [3.63, 3.8) is 0 Å². The van der Waals surface area contributed by atoms with E-state index < -0.39 is 0 Å². The maximum atomic E-state index is 9.40. The van der Waals surface area contributed by atoms with Crippen molar-refractivity contribution in [3.8, 4) is 0 Å². The standard InChI is InChI=1S/C9H17NO/c1-5-8(11)9(6(2)3)7(4)10/h6,10-11H,5H2,1-4H3/b9-8-,10-7?. The van der Waals surface area contributed by atoms with E-state index in [1.165, 1.54) is 0 Å². The Bertz CT molecular complexity index is 180. The van der Waals surface area contributed by atoms with Gasteiger partial charge in [-0.2, -0.15) is 0 Å². The highest BCUT2D eigenvalue weighted by atomic mass is 16.3. The van der Waals surface area contributed by atoms with E-state index >= 15 is 0 Å². The third-order valence-corrected chi connectivity index (χ3v) is 1.63. The summed E-state index contributed by atoms with van der Waals surface area (Å²) in [5, 5.41) is 16.8. The van der Waals surface area contributed by atoms with Crippen molar-refractivity contribution in [1.29, 1.82) is 5.41 Å². The van der Waals surface area contributed by atoms with Crippen LogP contribution < -0.4 is 0 Å². The lowest BCUT2D eigenvalue weighted by Gasteiger charge is -2.11. The summed E-state index contributed by atoms with van der Waals surface area (Å²) in [7, 11) is 0. The molecule has 0 amide bonds. The number of aliphatic hydroxyl groups is 1. The number of rotatable bonds is 3. The van der Waals surface area contributed by atoms with Crippen LogP contribution in [0.5, 0.6) is 0 Å². The number of allylic oxidation sites excluding steroid dienone is 2. The first-order valence-electron chi connectivity index (χ1n) is 3.98. The Morgan fingerprint density at radius 3 is 2.00 bits per heavy atom. The normalized spacial score (nSPS) is 13.2. The third kappa shape index (κ3) is 2.74. The second kappa shape index (κ2) is 4.16. The molecule has 64 valence electrons. The predicted molar refractivity (Wildman–Crippen MR) is 48.2 cm³/mol. The number of hydrogen-bond acceptors (Lipinski definition) is 2. The third-order valence-electron chi connectivity index (χ3n) is 1.63. The number of nitrogens with one attached hydrogen (secondary N) is 1. The van der Waals surface area contributed by atoms with Gasteiger partial charge in [0.05, 0.1) is 5.76 Å². The van der Waals surface area contributed by atoms with Gasteiger partial charge < -0.3 is 10.5 Å². The van der Waals surface area contributed by atoms with Gasteiger partial charge in [0.25, 0.3) is 0 Å². The Hall–Kier alpha value is -0.790. The Labute approximate surface area is 68.4 Å².